The Labute approximate surface area is 243 Å². The zero-order valence-corrected chi connectivity index (χ0v) is 25.2. The van der Waals surface area contributed by atoms with E-state index >= 15 is 0 Å². The number of nitrogens with zero attached hydrogens (tertiary/aromatic N) is 2. The number of sulfonamides is 1. The van der Waals surface area contributed by atoms with E-state index in [1.165, 1.54) is 49.0 Å². The minimum atomic E-state index is -3.78. The van der Waals surface area contributed by atoms with E-state index in [9.17, 15) is 18.0 Å². The second-order valence-corrected chi connectivity index (χ2v) is 14.6. The molecule has 4 saturated carbocycles. The van der Waals surface area contributed by atoms with E-state index < -0.39 is 28.5 Å². The molecule has 0 radical (unpaired) electrons. The van der Waals surface area contributed by atoms with Crippen molar-refractivity contribution in [3.8, 4) is 0 Å². The predicted molar refractivity (Wildman–Crippen MR) is 159 cm³/mol. The molecule has 2 aromatic carbocycles. The zero-order valence-electron chi connectivity index (χ0n) is 23.6. The third-order valence-electron chi connectivity index (χ3n) is 9.25. The SMILES string of the molecule is CCNC(=O)[C@@H](C)N(Cc1cccc(Cl)c1)C(=O)CN(c1ccc(C23CC4CC(CC(C4)C2)C3)cc1)S(C)(=O)=O. The van der Waals surface area contributed by atoms with Crippen molar-refractivity contribution in [1.82, 2.24) is 10.2 Å². The van der Waals surface area contributed by atoms with Crippen molar-refractivity contribution in [2.45, 2.75) is 70.4 Å². The van der Waals surface area contributed by atoms with Crippen LogP contribution in [0.3, 0.4) is 0 Å². The third-order valence-corrected chi connectivity index (χ3v) is 10.6. The van der Waals surface area contributed by atoms with E-state index in [1.807, 2.05) is 25.1 Å². The number of carbonyl (C=O) groups is 2. The van der Waals surface area contributed by atoms with Crippen molar-refractivity contribution in [2.24, 2.45) is 17.8 Å². The van der Waals surface area contributed by atoms with E-state index in [0.29, 0.717) is 17.3 Å². The molecule has 0 aliphatic heterocycles. The Morgan fingerprint density at radius 3 is 2.15 bits per heavy atom. The zero-order chi connectivity index (χ0) is 28.7. The first kappa shape index (κ1) is 28.9. The molecule has 0 saturated heterocycles. The van der Waals surface area contributed by atoms with Gasteiger partial charge in [-0.2, -0.15) is 0 Å². The maximum atomic E-state index is 13.7. The molecular formula is C31H40ClN3O4S. The molecule has 1 atom stereocenters. The number of halogens is 1. The lowest BCUT2D eigenvalue weighted by molar-refractivity contribution is -0.139. The molecule has 7 nitrogen and oxygen atoms in total. The summed E-state index contributed by atoms with van der Waals surface area (Å²) in [7, 11) is -3.78. The first-order chi connectivity index (χ1) is 19.0. The second-order valence-electron chi connectivity index (χ2n) is 12.2. The molecule has 0 aromatic heterocycles. The highest BCUT2D eigenvalue weighted by Crippen LogP contribution is 2.60. The lowest BCUT2D eigenvalue weighted by atomic mass is 9.48. The Morgan fingerprint density at radius 2 is 1.62 bits per heavy atom. The molecule has 4 fully saturated rings. The van der Waals surface area contributed by atoms with E-state index in [1.54, 1.807) is 25.1 Å². The molecular weight excluding hydrogens is 546 g/mol. The van der Waals surface area contributed by atoms with Gasteiger partial charge in [0.15, 0.2) is 0 Å². The molecule has 0 spiro atoms. The van der Waals surface area contributed by atoms with Crippen LogP contribution >= 0.6 is 11.6 Å². The maximum Gasteiger partial charge on any atom is 0.244 e. The number of nitrogens with one attached hydrogen (secondary N) is 1. The topological polar surface area (TPSA) is 86.8 Å². The quantitative estimate of drug-likeness (QED) is 0.419. The van der Waals surface area contributed by atoms with Crippen molar-refractivity contribution in [3.05, 3.63) is 64.7 Å². The van der Waals surface area contributed by atoms with Gasteiger partial charge in [-0.05, 0) is 111 Å². The normalized spacial score (nSPS) is 25.9. The largest absolute Gasteiger partial charge is 0.355 e. The van der Waals surface area contributed by atoms with E-state index in [2.05, 4.69) is 17.4 Å². The van der Waals surface area contributed by atoms with Crippen molar-refractivity contribution in [2.75, 3.05) is 23.7 Å². The van der Waals surface area contributed by atoms with Crippen LogP contribution in [0.4, 0.5) is 5.69 Å². The maximum absolute atomic E-state index is 13.7. The van der Waals surface area contributed by atoms with Crippen LogP contribution in [0.1, 0.15) is 63.5 Å². The Hall–Kier alpha value is -2.58. The number of carbonyl (C=O) groups excluding carboxylic acids is 2. The van der Waals surface area contributed by atoms with Gasteiger partial charge in [-0.1, -0.05) is 35.9 Å². The van der Waals surface area contributed by atoms with Gasteiger partial charge in [-0.3, -0.25) is 13.9 Å². The number of benzene rings is 2. The molecule has 4 aliphatic rings. The Kier molecular flexibility index (Phi) is 8.22. The first-order valence-electron chi connectivity index (χ1n) is 14.4. The van der Waals surface area contributed by atoms with Crippen molar-refractivity contribution < 1.29 is 18.0 Å². The summed E-state index contributed by atoms with van der Waals surface area (Å²) in [5.41, 5.74) is 2.71. The molecule has 9 heteroatoms. The fourth-order valence-corrected chi connectivity index (χ4v) is 8.86. The number of rotatable bonds is 10. The highest BCUT2D eigenvalue weighted by molar-refractivity contribution is 7.92. The summed E-state index contributed by atoms with van der Waals surface area (Å²) in [4.78, 5) is 27.9. The Morgan fingerprint density at radius 1 is 1.02 bits per heavy atom. The van der Waals surface area contributed by atoms with Crippen LogP contribution in [0, 0.1) is 17.8 Å². The Balaban J connectivity index is 1.39. The van der Waals surface area contributed by atoms with E-state index in [0.717, 1.165) is 33.9 Å². The average Bonchev–Trinajstić information content (AvgIpc) is 2.89. The molecule has 2 aromatic rings. The molecule has 0 unspecified atom stereocenters. The monoisotopic (exact) mass is 585 g/mol. The van der Waals surface area contributed by atoms with Gasteiger partial charge in [-0.25, -0.2) is 8.42 Å². The van der Waals surface area contributed by atoms with Crippen LogP contribution in [0.15, 0.2) is 48.5 Å². The lowest BCUT2D eigenvalue weighted by Crippen LogP contribution is -2.51. The summed E-state index contributed by atoms with van der Waals surface area (Å²) in [5.74, 6) is 1.67. The average molecular weight is 586 g/mol. The third kappa shape index (κ3) is 6.03. The van der Waals surface area contributed by atoms with Gasteiger partial charge < -0.3 is 10.2 Å². The number of amides is 2. The first-order valence-corrected chi connectivity index (χ1v) is 16.6. The molecule has 1 N–H and O–H groups in total. The predicted octanol–water partition coefficient (Wildman–Crippen LogP) is 5.13. The highest BCUT2D eigenvalue weighted by atomic mass is 35.5. The molecule has 6 rings (SSSR count). The number of hydrogen-bond acceptors (Lipinski definition) is 4. The summed E-state index contributed by atoms with van der Waals surface area (Å²) in [5, 5.41) is 3.28. The van der Waals surface area contributed by atoms with Crippen molar-refractivity contribution in [3.63, 3.8) is 0 Å². The smallest absolute Gasteiger partial charge is 0.244 e. The molecule has 0 heterocycles. The summed E-state index contributed by atoms with van der Waals surface area (Å²) >= 11 is 6.16. The molecule has 4 aliphatic carbocycles. The van der Waals surface area contributed by atoms with Gasteiger partial charge in [0, 0.05) is 18.1 Å². The molecule has 2 amide bonds. The fourth-order valence-electron chi connectivity index (χ4n) is 7.80. The van der Waals surface area contributed by atoms with Crippen LogP contribution in [0.5, 0.6) is 0 Å². The van der Waals surface area contributed by atoms with Crippen LogP contribution in [0.25, 0.3) is 0 Å². The van der Waals surface area contributed by atoms with Gasteiger partial charge >= 0.3 is 0 Å². The van der Waals surface area contributed by atoms with Gasteiger partial charge in [-0.15, -0.1) is 0 Å². The second kappa shape index (κ2) is 11.4. The minimum absolute atomic E-state index is 0.125. The standard InChI is InChI=1S/C31H40ClN3O4S/c1-4-33-30(37)21(2)34(19-22-6-5-7-27(32)15-22)29(36)20-35(40(3,38)39)28-10-8-26(9-11-28)31-16-23-12-24(17-31)14-25(13-23)18-31/h5-11,15,21,23-25H,4,12-14,16-20H2,1-3H3,(H,33,37)/t21-,23?,24?,25?,31?/m1/s1. The summed E-state index contributed by atoms with van der Waals surface area (Å²) in [6.07, 6.45) is 8.88. The summed E-state index contributed by atoms with van der Waals surface area (Å²) < 4.78 is 27.1. The van der Waals surface area contributed by atoms with Crippen molar-refractivity contribution >= 4 is 39.1 Å². The van der Waals surface area contributed by atoms with Crippen LogP contribution < -0.4 is 9.62 Å². The van der Waals surface area contributed by atoms with Crippen molar-refractivity contribution in [1.29, 1.82) is 0 Å². The minimum Gasteiger partial charge on any atom is -0.355 e. The molecule has 216 valence electrons. The van der Waals surface area contributed by atoms with Gasteiger partial charge in [0.25, 0.3) is 0 Å². The number of hydrogen-bond donors (Lipinski definition) is 1. The summed E-state index contributed by atoms with van der Waals surface area (Å²) in [6, 6.07) is 14.1. The number of likely N-dealkylation sites (N-methyl/N-ethyl adjacent to an activating group) is 1. The summed E-state index contributed by atoms with van der Waals surface area (Å²) in [6.45, 7) is 3.61. The van der Waals surface area contributed by atoms with Crippen LogP contribution in [0.2, 0.25) is 5.02 Å². The lowest BCUT2D eigenvalue weighted by Gasteiger charge is -2.57. The van der Waals surface area contributed by atoms with Gasteiger partial charge in [0.1, 0.15) is 12.6 Å². The fraction of sp³-hybridized carbons (Fsp3) is 0.548. The molecule has 4 bridgehead atoms. The van der Waals surface area contributed by atoms with Crippen LogP contribution in [-0.2, 0) is 31.6 Å². The van der Waals surface area contributed by atoms with E-state index in [-0.39, 0.29) is 17.9 Å². The van der Waals surface area contributed by atoms with Crippen LogP contribution in [-0.4, -0.2) is 50.5 Å². The Bertz CT molecular complexity index is 1330. The molecule has 40 heavy (non-hydrogen) atoms. The van der Waals surface area contributed by atoms with E-state index in [4.69, 9.17) is 11.6 Å². The highest BCUT2D eigenvalue weighted by Gasteiger charge is 2.51. The van der Waals surface area contributed by atoms with Gasteiger partial charge in [0.2, 0.25) is 21.8 Å². The number of anilines is 1. The van der Waals surface area contributed by atoms with Gasteiger partial charge in [0.05, 0.1) is 11.9 Å².